The quantitative estimate of drug-likeness (QED) is 0.179. The molecule has 2 aliphatic carbocycles. The second-order valence-electron chi connectivity index (χ2n) is 20.4. The van der Waals surface area contributed by atoms with Gasteiger partial charge in [-0.05, 0) is 0 Å². The number of fused-ring (bicyclic) bond motifs is 3. The first-order chi connectivity index (χ1) is 26.2. The summed E-state index contributed by atoms with van der Waals surface area (Å²) in [7, 11) is 17.5. The van der Waals surface area contributed by atoms with Crippen molar-refractivity contribution >= 4 is 20.2 Å². The van der Waals surface area contributed by atoms with Gasteiger partial charge < -0.3 is 0 Å². The van der Waals surface area contributed by atoms with Crippen LogP contribution in [0.3, 0.4) is 0 Å². The third-order valence-corrected chi connectivity index (χ3v) is 31.5. The molecule has 0 radical (unpaired) electrons. The van der Waals surface area contributed by atoms with E-state index in [1.165, 1.54) is 35.4 Å². The number of hydrogen-bond acceptors (Lipinski definition) is 0. The molecule has 0 aromatic heterocycles. The molecule has 0 aliphatic heterocycles. The molecule has 9 heteroatoms. The van der Waals surface area contributed by atoms with Gasteiger partial charge in [0.2, 0.25) is 0 Å². The van der Waals surface area contributed by atoms with Crippen molar-refractivity contribution in [2.45, 2.75) is 124 Å². The summed E-state index contributed by atoms with van der Waals surface area (Å²) in [5, 5.41) is 0. The van der Waals surface area contributed by atoms with E-state index in [2.05, 4.69) is 107 Å². The van der Waals surface area contributed by atoms with Crippen LogP contribution in [0, 0.1) is 0 Å². The normalized spacial score (nSPS) is 15.9. The molecular formula is C49H54Cl2F6Zr. The van der Waals surface area contributed by atoms with Crippen LogP contribution in [0.1, 0.15) is 142 Å². The molecule has 0 spiro atoms. The second-order valence-corrected chi connectivity index (χ2v) is 41.1. The molecule has 2 aliphatic rings. The Morgan fingerprint density at radius 3 is 1.03 bits per heavy atom. The van der Waals surface area contributed by atoms with E-state index in [9.17, 15) is 26.3 Å². The summed E-state index contributed by atoms with van der Waals surface area (Å²) in [6.45, 7) is 26.2. The van der Waals surface area contributed by atoms with Crippen LogP contribution in [0.15, 0.2) is 97.1 Å². The van der Waals surface area contributed by atoms with Gasteiger partial charge >= 0.3 is 351 Å². The molecule has 310 valence electrons. The molecule has 0 saturated carbocycles. The standard InChI is InChI=1S/C29H41.C15H8F6.C5H5.2ClH.Zr/c1-26(2,3)22-14-18-13-19-15-23(27(4,5)6)25(29(10,11)12)17-21(19)20(18)16-24(22)28(7,8)9;16-14(17,18)12-5-1-10(2-6-12)9-11-3-7-13(8-4-11)15(19,20)21;1-2-4-5-3-1;;;/h13-17H,1-12H3;1-8H;1-5H;2*1H;/q;;;;;+2/p-2. The van der Waals surface area contributed by atoms with E-state index in [0.717, 1.165) is 57.6 Å². The molecule has 0 amide bonds. The zero-order valence-electron chi connectivity index (χ0n) is 35.4. The number of hydrogen-bond donors (Lipinski definition) is 0. The van der Waals surface area contributed by atoms with Crippen molar-refractivity contribution in [3.63, 3.8) is 0 Å². The van der Waals surface area contributed by atoms with E-state index < -0.39 is 46.6 Å². The number of rotatable bonds is 4. The summed E-state index contributed by atoms with van der Waals surface area (Å²) in [5.41, 5.74) is 6.32. The van der Waals surface area contributed by atoms with Crippen molar-refractivity contribution in [3.8, 4) is 11.1 Å². The van der Waals surface area contributed by atoms with E-state index in [1.54, 1.807) is 0 Å². The third kappa shape index (κ3) is 7.84. The molecule has 0 atom stereocenters. The van der Waals surface area contributed by atoms with Gasteiger partial charge in [0, 0.05) is 0 Å². The minimum absolute atomic E-state index is 0.247. The average Bonchev–Trinajstić information content (AvgIpc) is 3.73. The molecule has 0 N–H and O–H groups in total. The third-order valence-electron chi connectivity index (χ3n) is 11.9. The molecule has 6 rings (SSSR count). The molecule has 0 nitrogen and oxygen atoms in total. The molecule has 0 heterocycles. The summed E-state index contributed by atoms with van der Waals surface area (Å²) >= 11 is -6.24. The fourth-order valence-electron chi connectivity index (χ4n) is 9.05. The van der Waals surface area contributed by atoms with E-state index in [0.29, 0.717) is 14.3 Å². The van der Waals surface area contributed by atoms with Crippen LogP contribution in [0.5, 0.6) is 0 Å². The first-order valence-corrected chi connectivity index (χ1v) is 30.2. The van der Waals surface area contributed by atoms with Crippen LogP contribution in [-0.2, 0) is 49.9 Å². The van der Waals surface area contributed by atoms with E-state index in [1.807, 2.05) is 24.3 Å². The molecular weight excluding hydrogens is 865 g/mol. The number of halogens is 8. The van der Waals surface area contributed by atoms with Crippen LogP contribution in [0.2, 0.25) is 3.63 Å². The fourth-order valence-corrected chi connectivity index (χ4v) is 28.4. The van der Waals surface area contributed by atoms with Crippen molar-refractivity contribution < 1.29 is 42.3 Å². The zero-order valence-corrected chi connectivity index (χ0v) is 39.4. The molecule has 4 aromatic rings. The second kappa shape index (κ2) is 14.2. The number of allylic oxidation sites excluding steroid dienone is 4. The van der Waals surface area contributed by atoms with Gasteiger partial charge in [-0.2, -0.15) is 0 Å². The van der Waals surface area contributed by atoms with Gasteiger partial charge in [0.1, 0.15) is 0 Å². The van der Waals surface area contributed by atoms with Gasteiger partial charge in [-0.15, -0.1) is 0 Å². The Labute approximate surface area is 348 Å². The van der Waals surface area contributed by atoms with Crippen molar-refractivity contribution in [3.05, 3.63) is 153 Å². The molecule has 0 unspecified atom stereocenters. The van der Waals surface area contributed by atoms with Crippen LogP contribution >= 0.6 is 17.0 Å². The Kier molecular flexibility index (Phi) is 10.9. The molecule has 58 heavy (non-hydrogen) atoms. The van der Waals surface area contributed by atoms with Crippen molar-refractivity contribution in [1.82, 2.24) is 0 Å². The maximum atomic E-state index is 14.1. The first-order valence-electron chi connectivity index (χ1n) is 19.8. The van der Waals surface area contributed by atoms with Gasteiger partial charge in [0.25, 0.3) is 0 Å². The molecule has 0 fully saturated rings. The molecule has 4 aromatic carbocycles. The Balaban J connectivity index is 1.92. The van der Waals surface area contributed by atoms with Crippen LogP contribution in [0.25, 0.3) is 11.1 Å². The molecule has 0 bridgehead atoms. The van der Waals surface area contributed by atoms with Gasteiger partial charge in [-0.3, -0.25) is 0 Å². The number of alkyl halides is 6. The predicted octanol–water partition coefficient (Wildman–Crippen LogP) is 16.2. The average molecular weight is 919 g/mol. The zero-order chi connectivity index (χ0) is 43.4. The van der Waals surface area contributed by atoms with Crippen LogP contribution in [0.4, 0.5) is 26.3 Å². The Bertz CT molecular complexity index is 2240. The Morgan fingerprint density at radius 1 is 0.466 bits per heavy atom. The minimum atomic E-state index is -6.24. The van der Waals surface area contributed by atoms with Gasteiger partial charge in [-0.25, -0.2) is 0 Å². The topological polar surface area (TPSA) is 0 Å². The van der Waals surface area contributed by atoms with E-state index in [-0.39, 0.29) is 21.7 Å². The summed E-state index contributed by atoms with van der Waals surface area (Å²) < 4.78 is 83.5. The van der Waals surface area contributed by atoms with Gasteiger partial charge in [0.05, 0.1) is 0 Å². The fraction of sp³-hybridized carbons (Fsp3) is 0.408. The summed E-state index contributed by atoms with van der Waals surface area (Å²) in [6, 6.07) is 18.6. The number of benzene rings is 4. The molecule has 0 saturated heterocycles. The Morgan fingerprint density at radius 2 is 0.759 bits per heavy atom. The first kappa shape index (κ1) is 44.8. The summed E-state index contributed by atoms with van der Waals surface area (Å²) in [6.07, 6.45) is -1.56. The summed E-state index contributed by atoms with van der Waals surface area (Å²) in [4.78, 5) is 0. The van der Waals surface area contributed by atoms with Crippen molar-refractivity contribution in [1.29, 1.82) is 0 Å². The van der Waals surface area contributed by atoms with Crippen LogP contribution in [-0.4, -0.2) is 3.21 Å². The predicted molar refractivity (Wildman–Crippen MR) is 228 cm³/mol. The van der Waals surface area contributed by atoms with Gasteiger partial charge in [0.15, 0.2) is 0 Å². The van der Waals surface area contributed by atoms with Crippen molar-refractivity contribution in [2.75, 3.05) is 0 Å². The van der Waals surface area contributed by atoms with Crippen molar-refractivity contribution in [2.24, 2.45) is 0 Å². The monoisotopic (exact) mass is 916 g/mol. The summed E-state index contributed by atoms with van der Waals surface area (Å²) in [5.74, 6) is 0. The van der Waals surface area contributed by atoms with E-state index in [4.69, 9.17) is 17.0 Å². The Hall–Kier alpha value is -2.73. The van der Waals surface area contributed by atoms with E-state index >= 15 is 0 Å². The SMILES string of the molecule is CC(C)(C)c1cc2c(cc1C(C)(C)C)[CH]([Zr]([Cl])([Cl])(=[C](c1ccc(C(F)(F)F)cc1)c1ccc(C(F)(F)F)cc1)[CH]1C=CC=C1)c1cc(C(C)(C)C)c(C(C)(C)C)cc1-2. The maximum absolute atomic E-state index is 14.1. The van der Waals surface area contributed by atoms with Gasteiger partial charge in [-0.1, -0.05) is 0 Å². The van der Waals surface area contributed by atoms with Crippen LogP contribution < -0.4 is 0 Å².